The smallest absolute Gasteiger partial charge is 0.271 e. The summed E-state index contributed by atoms with van der Waals surface area (Å²) in [6, 6.07) is 11.6. The Morgan fingerprint density at radius 2 is 1.65 bits per heavy atom. The first kappa shape index (κ1) is 18.8. The van der Waals surface area contributed by atoms with E-state index in [-0.39, 0.29) is 6.61 Å². The van der Waals surface area contributed by atoms with Crippen molar-refractivity contribution in [1.82, 2.24) is 5.43 Å². The summed E-state index contributed by atoms with van der Waals surface area (Å²) in [7, 11) is 3.01. The fourth-order valence-corrected chi connectivity index (χ4v) is 1.97. The zero-order valence-corrected chi connectivity index (χ0v) is 14.4. The lowest BCUT2D eigenvalue weighted by atomic mass is 10.2. The molecule has 0 radical (unpaired) electrons. The monoisotopic (exact) mass is 357 g/mol. The van der Waals surface area contributed by atoms with Gasteiger partial charge in [-0.15, -0.1) is 0 Å². The zero-order chi connectivity index (χ0) is 18.9. The molecule has 2 amide bonds. The van der Waals surface area contributed by atoms with Gasteiger partial charge in [0.05, 0.1) is 20.4 Å². The average molecular weight is 357 g/mol. The average Bonchev–Trinajstić information content (AvgIpc) is 2.66. The number of rotatable bonds is 8. The number of hydrogen-bond donors (Lipinski definition) is 2. The minimum absolute atomic E-state index is 0.187. The maximum Gasteiger partial charge on any atom is 0.271 e. The number of methoxy groups -OCH3 is 2. The molecule has 0 aliphatic carbocycles. The number of nitrogens with zero attached hydrogens (tertiary/aromatic N) is 1. The number of nitrogens with one attached hydrogen (secondary N) is 1. The second kappa shape index (κ2) is 9.07. The molecule has 0 atom stereocenters. The Kier molecular flexibility index (Phi) is 6.55. The summed E-state index contributed by atoms with van der Waals surface area (Å²) in [6.07, 6.45) is 1.48. The summed E-state index contributed by atoms with van der Waals surface area (Å²) < 4.78 is 15.4. The van der Waals surface area contributed by atoms with E-state index in [1.807, 2.05) is 0 Å². The van der Waals surface area contributed by atoms with Crippen molar-refractivity contribution < 1.29 is 23.8 Å². The second-order valence-electron chi connectivity index (χ2n) is 5.12. The second-order valence-corrected chi connectivity index (χ2v) is 5.12. The van der Waals surface area contributed by atoms with Crippen molar-refractivity contribution in [3.8, 4) is 17.2 Å². The standard InChI is InChI=1S/C18H19N3O5/c1-24-15-7-13(8-16(9-15)25-2)18(23)21-20-10-12-3-5-14(6-4-12)26-11-17(19)22/h3-10H,11H2,1-2H3,(H2,19,22)(H,21,23). The molecule has 0 saturated heterocycles. The normalized spacial score (nSPS) is 10.4. The van der Waals surface area contributed by atoms with Gasteiger partial charge in [-0.2, -0.15) is 5.10 Å². The minimum atomic E-state index is -0.549. The highest BCUT2D eigenvalue weighted by atomic mass is 16.5. The Bertz CT molecular complexity index is 781. The summed E-state index contributed by atoms with van der Waals surface area (Å²) in [6.45, 7) is -0.187. The Hall–Kier alpha value is -3.55. The Morgan fingerprint density at radius 3 is 2.19 bits per heavy atom. The van der Waals surface area contributed by atoms with Crippen molar-refractivity contribution in [3.05, 3.63) is 53.6 Å². The number of primary amides is 1. The number of hydrazone groups is 1. The molecule has 136 valence electrons. The van der Waals surface area contributed by atoms with Gasteiger partial charge >= 0.3 is 0 Å². The van der Waals surface area contributed by atoms with Crippen LogP contribution in [-0.4, -0.2) is 38.9 Å². The third kappa shape index (κ3) is 5.52. The lowest BCUT2D eigenvalue weighted by Crippen LogP contribution is -2.20. The number of carbonyl (C=O) groups excluding carboxylic acids is 2. The Labute approximate surface area is 150 Å². The van der Waals surface area contributed by atoms with E-state index >= 15 is 0 Å². The van der Waals surface area contributed by atoms with Gasteiger partial charge in [0.2, 0.25) is 0 Å². The predicted octanol–water partition coefficient (Wildman–Crippen LogP) is 1.33. The van der Waals surface area contributed by atoms with Gasteiger partial charge < -0.3 is 19.9 Å². The van der Waals surface area contributed by atoms with Crippen LogP contribution in [0.25, 0.3) is 0 Å². The molecule has 0 aliphatic heterocycles. The largest absolute Gasteiger partial charge is 0.497 e. The van der Waals surface area contributed by atoms with Crippen LogP contribution in [0.15, 0.2) is 47.6 Å². The molecule has 2 aromatic carbocycles. The van der Waals surface area contributed by atoms with E-state index in [4.69, 9.17) is 19.9 Å². The third-order valence-electron chi connectivity index (χ3n) is 3.25. The molecule has 8 heteroatoms. The Morgan fingerprint density at radius 1 is 1.04 bits per heavy atom. The molecular formula is C18H19N3O5. The number of benzene rings is 2. The number of ether oxygens (including phenoxy) is 3. The van der Waals surface area contributed by atoms with Crippen LogP contribution in [0.3, 0.4) is 0 Å². The van der Waals surface area contributed by atoms with Crippen LogP contribution < -0.4 is 25.4 Å². The van der Waals surface area contributed by atoms with Gasteiger partial charge in [0.25, 0.3) is 11.8 Å². The molecule has 2 aromatic rings. The molecule has 0 bridgehead atoms. The zero-order valence-electron chi connectivity index (χ0n) is 14.4. The third-order valence-corrected chi connectivity index (χ3v) is 3.25. The molecule has 0 aliphatic rings. The van der Waals surface area contributed by atoms with E-state index in [2.05, 4.69) is 10.5 Å². The topological polar surface area (TPSA) is 112 Å². The van der Waals surface area contributed by atoms with Crippen molar-refractivity contribution in [2.24, 2.45) is 10.8 Å². The van der Waals surface area contributed by atoms with Crippen molar-refractivity contribution in [2.45, 2.75) is 0 Å². The lowest BCUT2D eigenvalue weighted by Gasteiger charge is -2.07. The van der Waals surface area contributed by atoms with E-state index in [1.54, 1.807) is 42.5 Å². The summed E-state index contributed by atoms with van der Waals surface area (Å²) >= 11 is 0. The summed E-state index contributed by atoms with van der Waals surface area (Å²) in [5.41, 5.74) is 8.53. The van der Waals surface area contributed by atoms with Crippen molar-refractivity contribution in [2.75, 3.05) is 20.8 Å². The van der Waals surface area contributed by atoms with Crippen molar-refractivity contribution in [1.29, 1.82) is 0 Å². The number of amides is 2. The quantitative estimate of drug-likeness (QED) is 0.547. The first-order valence-corrected chi connectivity index (χ1v) is 7.59. The van der Waals surface area contributed by atoms with Gasteiger partial charge in [-0.05, 0) is 42.0 Å². The molecule has 0 unspecified atom stereocenters. The molecule has 2 rings (SSSR count). The van der Waals surface area contributed by atoms with Crippen molar-refractivity contribution in [3.63, 3.8) is 0 Å². The van der Waals surface area contributed by atoms with Crippen LogP contribution >= 0.6 is 0 Å². The first-order chi connectivity index (χ1) is 12.5. The molecular weight excluding hydrogens is 338 g/mol. The molecule has 0 heterocycles. The maximum atomic E-state index is 12.2. The number of nitrogens with two attached hydrogens (primary N) is 1. The molecule has 8 nitrogen and oxygen atoms in total. The van der Waals surface area contributed by atoms with E-state index in [0.717, 1.165) is 5.56 Å². The molecule has 3 N–H and O–H groups in total. The molecule has 0 spiro atoms. The number of hydrogen-bond acceptors (Lipinski definition) is 6. The molecule has 26 heavy (non-hydrogen) atoms. The van der Waals surface area contributed by atoms with Gasteiger partial charge in [-0.25, -0.2) is 5.43 Å². The molecule has 0 aromatic heterocycles. The maximum absolute atomic E-state index is 12.2. The van der Waals surface area contributed by atoms with Gasteiger partial charge in [0.15, 0.2) is 6.61 Å². The SMILES string of the molecule is COc1cc(OC)cc(C(=O)NN=Cc2ccc(OCC(N)=O)cc2)c1. The molecule has 0 fully saturated rings. The van der Waals surface area contributed by atoms with Crippen LogP contribution in [0.5, 0.6) is 17.2 Å². The highest BCUT2D eigenvalue weighted by Crippen LogP contribution is 2.22. The van der Waals surface area contributed by atoms with Gasteiger partial charge in [0.1, 0.15) is 17.2 Å². The first-order valence-electron chi connectivity index (χ1n) is 7.59. The van der Waals surface area contributed by atoms with Crippen LogP contribution in [0.4, 0.5) is 0 Å². The highest BCUT2D eigenvalue weighted by molar-refractivity contribution is 5.95. The van der Waals surface area contributed by atoms with Crippen LogP contribution in [-0.2, 0) is 4.79 Å². The Balaban J connectivity index is 1.97. The molecule has 0 saturated carbocycles. The highest BCUT2D eigenvalue weighted by Gasteiger charge is 2.09. The van der Waals surface area contributed by atoms with E-state index < -0.39 is 11.8 Å². The summed E-state index contributed by atoms with van der Waals surface area (Å²) in [5.74, 6) is 0.566. The van der Waals surface area contributed by atoms with Gasteiger partial charge in [-0.1, -0.05) is 0 Å². The lowest BCUT2D eigenvalue weighted by molar-refractivity contribution is -0.119. The predicted molar refractivity (Wildman–Crippen MR) is 95.7 cm³/mol. The van der Waals surface area contributed by atoms with E-state index in [9.17, 15) is 9.59 Å². The fourth-order valence-electron chi connectivity index (χ4n) is 1.97. The van der Waals surface area contributed by atoms with Crippen LogP contribution in [0, 0.1) is 0 Å². The fraction of sp³-hybridized carbons (Fsp3) is 0.167. The van der Waals surface area contributed by atoms with Crippen molar-refractivity contribution >= 4 is 18.0 Å². The summed E-state index contributed by atoms with van der Waals surface area (Å²) in [4.78, 5) is 22.8. The van der Waals surface area contributed by atoms with Gasteiger partial charge in [-0.3, -0.25) is 9.59 Å². The number of carbonyl (C=O) groups is 2. The van der Waals surface area contributed by atoms with E-state index in [1.165, 1.54) is 20.4 Å². The van der Waals surface area contributed by atoms with Crippen LogP contribution in [0.1, 0.15) is 15.9 Å². The minimum Gasteiger partial charge on any atom is -0.497 e. The van der Waals surface area contributed by atoms with E-state index in [0.29, 0.717) is 22.8 Å². The van der Waals surface area contributed by atoms with Gasteiger partial charge in [0, 0.05) is 11.6 Å². The van der Waals surface area contributed by atoms with Crippen LogP contribution in [0.2, 0.25) is 0 Å². The summed E-state index contributed by atoms with van der Waals surface area (Å²) in [5, 5.41) is 3.91.